The molecule has 0 unspecified atom stereocenters. The van der Waals surface area contributed by atoms with Gasteiger partial charge in [-0.1, -0.05) is 169 Å². The summed E-state index contributed by atoms with van der Waals surface area (Å²) in [6.07, 6.45) is 22.6. The lowest BCUT2D eigenvalue weighted by molar-refractivity contribution is 0.360. The van der Waals surface area contributed by atoms with Gasteiger partial charge in [0.15, 0.2) is 0 Å². The summed E-state index contributed by atoms with van der Waals surface area (Å²) in [4.78, 5) is 0. The van der Waals surface area contributed by atoms with E-state index in [1.54, 1.807) is 0 Å². The van der Waals surface area contributed by atoms with Crippen LogP contribution in [0.4, 0.5) is 0 Å². The Morgan fingerprint density at radius 2 is 0.791 bits per heavy atom. The quantitative estimate of drug-likeness (QED) is 0.126. The molecular formula is C41H70O2. The third kappa shape index (κ3) is 14.3. The molecule has 2 aromatic carbocycles. The van der Waals surface area contributed by atoms with E-state index in [-0.39, 0.29) is 0 Å². The molecule has 0 saturated carbocycles. The van der Waals surface area contributed by atoms with Gasteiger partial charge in [0.05, 0.1) is 0 Å². The number of hydrogen-bond acceptors (Lipinski definition) is 2. The van der Waals surface area contributed by atoms with Crippen molar-refractivity contribution in [1.82, 2.24) is 0 Å². The average Bonchev–Trinajstić information content (AvgIpc) is 2.95. The number of fused-ring (bicyclic) bond motifs is 1. The number of benzene rings is 2. The first-order valence-electron chi connectivity index (χ1n) is 18.4. The fourth-order valence-corrected chi connectivity index (χ4v) is 7.13. The van der Waals surface area contributed by atoms with Gasteiger partial charge in [0.2, 0.25) is 0 Å². The van der Waals surface area contributed by atoms with E-state index in [4.69, 9.17) is 0 Å². The summed E-state index contributed by atoms with van der Waals surface area (Å²) in [5.74, 6) is 5.64. The van der Waals surface area contributed by atoms with Gasteiger partial charge in [-0.15, -0.1) is 0 Å². The van der Waals surface area contributed by atoms with Crippen LogP contribution < -0.4 is 0 Å². The van der Waals surface area contributed by atoms with Gasteiger partial charge >= 0.3 is 0 Å². The van der Waals surface area contributed by atoms with Crippen molar-refractivity contribution < 1.29 is 10.2 Å². The Morgan fingerprint density at radius 3 is 1.16 bits per heavy atom. The largest absolute Gasteiger partial charge is 0.507 e. The fourth-order valence-electron chi connectivity index (χ4n) is 7.13. The molecule has 2 heteroatoms. The second-order valence-electron chi connectivity index (χ2n) is 15.5. The molecule has 0 aliphatic carbocycles. The van der Waals surface area contributed by atoms with Crippen LogP contribution in [0.1, 0.15) is 162 Å². The SMILES string of the molecule is Cc1c(CC[C@@H](C)CCC[C@H](C)CCC[C@H](C)CCC[C@@H](C)CCC[C@@H](C)CCCC(C)C)c(O)c2ccccc2c1O. The van der Waals surface area contributed by atoms with Gasteiger partial charge in [0, 0.05) is 16.3 Å². The molecule has 0 radical (unpaired) electrons. The van der Waals surface area contributed by atoms with E-state index in [1.165, 1.54) is 96.3 Å². The minimum atomic E-state index is 0.317. The van der Waals surface area contributed by atoms with Crippen LogP contribution in [0, 0.1) is 42.4 Å². The molecule has 0 bridgehead atoms. The maximum atomic E-state index is 10.9. The lowest BCUT2D eigenvalue weighted by atomic mass is 9.88. The zero-order valence-electron chi connectivity index (χ0n) is 29.7. The summed E-state index contributed by atoms with van der Waals surface area (Å²) >= 11 is 0. The van der Waals surface area contributed by atoms with Gasteiger partial charge < -0.3 is 10.2 Å². The van der Waals surface area contributed by atoms with Crippen molar-refractivity contribution >= 4 is 10.8 Å². The van der Waals surface area contributed by atoms with Gasteiger partial charge in [0.25, 0.3) is 0 Å². The average molecular weight is 595 g/mol. The molecule has 43 heavy (non-hydrogen) atoms. The zero-order valence-corrected chi connectivity index (χ0v) is 29.7. The summed E-state index contributed by atoms with van der Waals surface area (Å²) in [6.45, 7) is 18.8. The molecule has 246 valence electrons. The van der Waals surface area contributed by atoms with E-state index >= 15 is 0 Å². The van der Waals surface area contributed by atoms with Crippen LogP contribution in [0.25, 0.3) is 10.8 Å². The monoisotopic (exact) mass is 595 g/mol. The van der Waals surface area contributed by atoms with Crippen molar-refractivity contribution in [2.45, 2.75) is 165 Å². The second kappa shape index (κ2) is 20.4. The Kier molecular flexibility index (Phi) is 17.7. The van der Waals surface area contributed by atoms with Crippen molar-refractivity contribution in [1.29, 1.82) is 0 Å². The topological polar surface area (TPSA) is 40.5 Å². The molecular weight excluding hydrogens is 524 g/mol. The van der Waals surface area contributed by atoms with Crippen LogP contribution in [-0.2, 0) is 6.42 Å². The van der Waals surface area contributed by atoms with E-state index in [2.05, 4.69) is 48.5 Å². The van der Waals surface area contributed by atoms with Crippen molar-refractivity contribution in [3.05, 3.63) is 35.4 Å². The highest BCUT2D eigenvalue weighted by atomic mass is 16.3. The van der Waals surface area contributed by atoms with Crippen LogP contribution in [-0.4, -0.2) is 10.2 Å². The first kappa shape index (κ1) is 37.5. The summed E-state index contributed by atoms with van der Waals surface area (Å²) in [6, 6.07) is 7.61. The van der Waals surface area contributed by atoms with Gasteiger partial charge in [-0.25, -0.2) is 0 Å². The van der Waals surface area contributed by atoms with E-state index in [1.807, 2.05) is 31.2 Å². The molecule has 0 aliphatic heterocycles. The van der Waals surface area contributed by atoms with Crippen molar-refractivity contribution in [3.63, 3.8) is 0 Å². The van der Waals surface area contributed by atoms with Crippen molar-refractivity contribution in [2.75, 3.05) is 0 Å². The van der Waals surface area contributed by atoms with Gasteiger partial charge in [-0.05, 0) is 60.8 Å². The summed E-state index contributed by atoms with van der Waals surface area (Å²) in [7, 11) is 0. The lowest BCUT2D eigenvalue weighted by Gasteiger charge is -2.18. The number of rotatable bonds is 23. The Hall–Kier alpha value is -1.70. The first-order valence-corrected chi connectivity index (χ1v) is 18.4. The molecule has 2 rings (SSSR count). The molecule has 2 N–H and O–H groups in total. The Morgan fingerprint density at radius 1 is 0.465 bits per heavy atom. The van der Waals surface area contributed by atoms with Gasteiger partial charge in [-0.3, -0.25) is 0 Å². The Labute approximate surface area is 267 Å². The molecule has 2 nitrogen and oxygen atoms in total. The van der Waals surface area contributed by atoms with Gasteiger partial charge in [-0.2, -0.15) is 0 Å². The Bertz CT molecular complexity index is 1020. The molecule has 0 aromatic heterocycles. The smallest absolute Gasteiger partial charge is 0.127 e. The number of aromatic hydroxyl groups is 2. The molecule has 0 fully saturated rings. The maximum Gasteiger partial charge on any atom is 0.127 e. The second-order valence-corrected chi connectivity index (χ2v) is 15.5. The molecule has 0 aliphatic rings. The highest BCUT2D eigenvalue weighted by Gasteiger charge is 2.17. The van der Waals surface area contributed by atoms with Crippen LogP contribution >= 0.6 is 0 Å². The number of phenolic OH excluding ortho intramolecular Hbond substituents is 2. The standard InChI is InChI=1S/C41H70O2/c1-30(2)16-11-17-31(3)18-12-19-32(4)20-13-21-33(5)22-14-23-34(6)24-15-25-35(7)28-29-37-36(8)40(42)38-26-9-10-27-39(38)41(37)43/h9-10,26-27,30-35,42-43H,11-25,28-29H2,1-8H3/t31-,32-,33+,34+,35-/m0/s1. The number of hydrogen-bond donors (Lipinski definition) is 2. The molecule has 0 saturated heterocycles. The van der Waals surface area contributed by atoms with Crippen LogP contribution in [0.2, 0.25) is 0 Å². The van der Waals surface area contributed by atoms with Gasteiger partial charge in [0.1, 0.15) is 11.5 Å². The third-order valence-electron chi connectivity index (χ3n) is 10.5. The predicted octanol–water partition coefficient (Wildman–Crippen LogP) is 13.2. The normalized spacial score (nSPS) is 15.6. The summed E-state index contributed by atoms with van der Waals surface area (Å²) < 4.78 is 0. The molecule has 5 atom stereocenters. The number of phenols is 2. The maximum absolute atomic E-state index is 10.9. The Balaban J connectivity index is 1.52. The minimum absolute atomic E-state index is 0.317. The highest BCUT2D eigenvalue weighted by molar-refractivity contribution is 5.95. The van der Waals surface area contributed by atoms with E-state index in [0.29, 0.717) is 17.4 Å². The van der Waals surface area contributed by atoms with Crippen LogP contribution in [0.3, 0.4) is 0 Å². The van der Waals surface area contributed by atoms with E-state index < -0.39 is 0 Å². The summed E-state index contributed by atoms with van der Waals surface area (Å²) in [5.41, 5.74) is 1.74. The summed E-state index contributed by atoms with van der Waals surface area (Å²) in [5, 5.41) is 23.0. The van der Waals surface area contributed by atoms with E-state index in [0.717, 1.165) is 64.3 Å². The highest BCUT2D eigenvalue weighted by Crippen LogP contribution is 2.40. The lowest BCUT2D eigenvalue weighted by Crippen LogP contribution is -2.03. The zero-order chi connectivity index (χ0) is 31.8. The molecule has 2 aromatic rings. The molecule has 0 spiro atoms. The van der Waals surface area contributed by atoms with E-state index in [9.17, 15) is 10.2 Å². The first-order chi connectivity index (χ1) is 20.5. The predicted molar refractivity (Wildman–Crippen MR) is 190 cm³/mol. The fraction of sp³-hybridized carbons (Fsp3) is 0.756. The molecule has 0 amide bonds. The van der Waals surface area contributed by atoms with Crippen LogP contribution in [0.5, 0.6) is 11.5 Å². The van der Waals surface area contributed by atoms with Crippen molar-refractivity contribution in [3.8, 4) is 11.5 Å². The minimum Gasteiger partial charge on any atom is -0.507 e. The third-order valence-corrected chi connectivity index (χ3v) is 10.5. The molecule has 0 heterocycles. The van der Waals surface area contributed by atoms with Crippen LogP contribution in [0.15, 0.2) is 24.3 Å². The van der Waals surface area contributed by atoms with Crippen molar-refractivity contribution in [2.24, 2.45) is 35.5 Å².